The minimum Gasteiger partial charge on any atom is -0.363 e. The molecule has 0 radical (unpaired) electrons. The number of nitrogens with one attached hydrogen (secondary N) is 3. The van der Waals surface area contributed by atoms with E-state index in [1.165, 1.54) is 46.2 Å². The summed E-state index contributed by atoms with van der Waals surface area (Å²) >= 11 is 11.3. The van der Waals surface area contributed by atoms with Crippen LogP contribution < -0.4 is 22.0 Å². The van der Waals surface area contributed by atoms with E-state index in [1.807, 2.05) is 17.0 Å². The summed E-state index contributed by atoms with van der Waals surface area (Å²) in [5.41, 5.74) is -0.125. The topological polar surface area (TPSA) is 143 Å². The van der Waals surface area contributed by atoms with Gasteiger partial charge in [0, 0.05) is 23.2 Å². The van der Waals surface area contributed by atoms with Gasteiger partial charge in [0.05, 0.1) is 13.1 Å². The smallest absolute Gasteiger partial charge is 0.213 e. The van der Waals surface area contributed by atoms with Crippen LogP contribution >= 0.6 is 57.8 Å². The van der Waals surface area contributed by atoms with Crippen molar-refractivity contribution in [3.8, 4) is 0 Å². The first kappa shape index (κ1) is 27.1. The van der Waals surface area contributed by atoms with Crippen molar-refractivity contribution in [1.82, 2.24) is 29.9 Å². The van der Waals surface area contributed by atoms with Gasteiger partial charge in [-0.25, -0.2) is 24.9 Å². The summed E-state index contributed by atoms with van der Waals surface area (Å²) in [5, 5.41) is 15.3. The van der Waals surface area contributed by atoms with E-state index in [-0.39, 0.29) is 22.3 Å². The zero-order chi connectivity index (χ0) is 25.2. The van der Waals surface area contributed by atoms with Gasteiger partial charge in [-0.1, -0.05) is 35.1 Å². The highest BCUT2D eigenvalue weighted by Crippen LogP contribution is 2.23. The predicted molar refractivity (Wildman–Crippen MR) is 138 cm³/mol. The van der Waals surface area contributed by atoms with Crippen LogP contribution in [0.3, 0.4) is 0 Å². The van der Waals surface area contributed by atoms with Crippen LogP contribution in [0.5, 0.6) is 0 Å². The minimum absolute atomic E-state index is 0.101. The van der Waals surface area contributed by atoms with Gasteiger partial charge in [0.2, 0.25) is 17.1 Å². The number of anilines is 2. The van der Waals surface area contributed by atoms with E-state index >= 15 is 0 Å². The van der Waals surface area contributed by atoms with E-state index in [9.17, 15) is 8.78 Å². The van der Waals surface area contributed by atoms with E-state index in [1.54, 1.807) is 18.6 Å². The molecule has 0 amide bonds. The molecule has 0 fully saturated rings. The number of aromatic amines is 1. The van der Waals surface area contributed by atoms with Gasteiger partial charge in [0.25, 0.3) is 0 Å². The first-order chi connectivity index (χ1) is 16.9. The monoisotopic (exact) mass is 576 g/mol. The normalized spacial score (nSPS) is 11.2. The minimum atomic E-state index is -0.638. The van der Waals surface area contributed by atoms with E-state index in [4.69, 9.17) is 17.4 Å². The van der Waals surface area contributed by atoms with Crippen molar-refractivity contribution < 1.29 is 8.78 Å². The molecule has 5 N–H and O–H groups in total. The van der Waals surface area contributed by atoms with Gasteiger partial charge in [-0.15, -0.1) is 22.7 Å². The summed E-state index contributed by atoms with van der Waals surface area (Å²) in [7, 11) is 0. The first-order valence-electron chi connectivity index (χ1n) is 9.54. The number of aromatic nitrogens is 6. The number of thiazole rings is 2. The predicted octanol–water partition coefficient (Wildman–Crippen LogP) is 4.17. The Labute approximate surface area is 220 Å². The van der Waals surface area contributed by atoms with Crippen molar-refractivity contribution in [2.45, 2.75) is 23.4 Å². The molecule has 0 aliphatic heterocycles. The molecule has 0 aliphatic carbocycles. The third-order valence-corrected chi connectivity index (χ3v) is 6.87. The molecular weight excluding hydrogens is 558 g/mol. The van der Waals surface area contributed by atoms with E-state index in [2.05, 4.69) is 45.6 Å². The van der Waals surface area contributed by atoms with Gasteiger partial charge < -0.3 is 21.5 Å². The lowest BCUT2D eigenvalue weighted by Gasteiger charge is -2.07. The summed E-state index contributed by atoms with van der Waals surface area (Å²) in [5.74, 6) is 4.16. The van der Waals surface area contributed by atoms with Crippen LogP contribution in [0.25, 0.3) is 0 Å². The van der Waals surface area contributed by atoms with Crippen molar-refractivity contribution in [2.24, 2.45) is 10.9 Å². The third kappa shape index (κ3) is 7.73. The van der Waals surface area contributed by atoms with Crippen molar-refractivity contribution in [3.63, 3.8) is 0 Å². The highest BCUT2D eigenvalue weighted by molar-refractivity contribution is 7.98. The first-order valence-corrected chi connectivity index (χ1v) is 14.1. The summed E-state index contributed by atoms with van der Waals surface area (Å²) in [6, 6.07) is 0. The Morgan fingerprint density at radius 3 is 2.20 bits per heavy atom. The molecule has 0 aromatic carbocycles. The lowest BCUT2D eigenvalue weighted by molar-refractivity contribution is 0.585. The Balaban J connectivity index is 0.000000196. The Hall–Kier alpha value is -2.53. The number of H-pyrrole nitrogens is 1. The molecule has 186 valence electrons. The Bertz CT molecular complexity index is 1290. The molecule has 35 heavy (non-hydrogen) atoms. The van der Waals surface area contributed by atoms with Crippen LogP contribution in [0.4, 0.5) is 20.4 Å². The van der Waals surface area contributed by atoms with Gasteiger partial charge in [0.15, 0.2) is 21.3 Å². The van der Waals surface area contributed by atoms with Gasteiger partial charge in [-0.2, -0.15) is 13.9 Å². The molecule has 0 spiro atoms. The van der Waals surface area contributed by atoms with Gasteiger partial charge in [-0.05, 0) is 12.5 Å². The summed E-state index contributed by atoms with van der Waals surface area (Å²) < 4.78 is 27.5. The van der Waals surface area contributed by atoms with E-state index in [0.717, 1.165) is 10.0 Å². The second kappa shape index (κ2) is 13.5. The summed E-state index contributed by atoms with van der Waals surface area (Å²) in [6.45, 7) is 0.836. The molecule has 0 saturated carbocycles. The van der Waals surface area contributed by atoms with E-state index < -0.39 is 11.6 Å². The number of rotatable bonds is 8. The molecule has 0 bridgehead atoms. The molecule has 4 aromatic rings. The SMILES string of the molecule is CSc1nc(=NN)c(F)c(NCc2nccs2)[nH]1.CSc1nc(Cl)c(F)c(NCc2nccs2)n1. The fourth-order valence-corrected chi connectivity index (χ4v) is 4.44. The number of hydrogen-bond donors (Lipinski definition) is 4. The van der Waals surface area contributed by atoms with Gasteiger partial charge >= 0.3 is 0 Å². The van der Waals surface area contributed by atoms with Crippen LogP contribution in [-0.2, 0) is 13.1 Å². The second-order valence-corrected chi connectivity index (χ2v) is 9.99. The van der Waals surface area contributed by atoms with Crippen LogP contribution in [0.15, 0.2) is 38.6 Å². The molecule has 4 aromatic heterocycles. The molecule has 10 nitrogen and oxygen atoms in total. The fourth-order valence-electron chi connectivity index (χ4n) is 2.36. The number of hydrogen-bond acceptors (Lipinski definition) is 13. The van der Waals surface area contributed by atoms with Crippen molar-refractivity contribution in [1.29, 1.82) is 0 Å². The Kier molecular flexibility index (Phi) is 10.5. The zero-order valence-corrected chi connectivity index (χ0v) is 22.3. The number of nitrogens with two attached hydrogens (primary N) is 1. The maximum Gasteiger partial charge on any atom is 0.213 e. The number of halogens is 3. The Morgan fingerprint density at radius 2 is 1.66 bits per heavy atom. The number of thioether (sulfide) groups is 2. The average molecular weight is 577 g/mol. The molecule has 4 heterocycles. The van der Waals surface area contributed by atoms with E-state index in [0.29, 0.717) is 23.4 Å². The fraction of sp³-hybridized carbons (Fsp3) is 0.222. The average Bonchev–Trinajstić information content (AvgIpc) is 3.59. The molecule has 0 unspecified atom stereocenters. The molecule has 4 rings (SSSR count). The maximum atomic E-state index is 13.9. The van der Waals surface area contributed by atoms with Crippen LogP contribution in [-0.4, -0.2) is 42.4 Å². The lowest BCUT2D eigenvalue weighted by atomic mass is 10.5. The van der Waals surface area contributed by atoms with Crippen molar-refractivity contribution in [2.75, 3.05) is 23.1 Å². The van der Waals surface area contributed by atoms with Crippen molar-refractivity contribution >= 4 is 69.4 Å². The largest absolute Gasteiger partial charge is 0.363 e. The summed E-state index contributed by atoms with van der Waals surface area (Å²) in [6.07, 6.45) is 7.01. The highest BCUT2D eigenvalue weighted by atomic mass is 35.5. The summed E-state index contributed by atoms with van der Waals surface area (Å²) in [4.78, 5) is 22.7. The van der Waals surface area contributed by atoms with Crippen LogP contribution in [0.2, 0.25) is 5.15 Å². The standard InChI is InChI=1S/C9H8ClFN4S2.C9H11FN6S2/c1-16-9-14-7(10)6(11)8(15-9)13-4-5-12-2-3-17-5;1-17-9-14-7(6(10)8(15-9)16-11)13-4-5-12-2-3-18-5/h2-3H,4H2,1H3,(H,13,14,15);2-3H,4,11H2,1H3,(H2,13,14,15,16). The maximum absolute atomic E-state index is 13.9. The van der Waals surface area contributed by atoms with Crippen LogP contribution in [0, 0.1) is 11.6 Å². The van der Waals surface area contributed by atoms with Gasteiger partial charge in [-0.3, -0.25) is 0 Å². The Morgan fingerprint density at radius 1 is 1.00 bits per heavy atom. The highest BCUT2D eigenvalue weighted by Gasteiger charge is 2.13. The van der Waals surface area contributed by atoms with Crippen LogP contribution in [0.1, 0.15) is 10.0 Å². The third-order valence-electron chi connectivity index (χ3n) is 3.93. The lowest BCUT2D eigenvalue weighted by Crippen LogP contribution is -2.20. The molecule has 0 aliphatic rings. The molecular formula is C18H19ClF2N10S4. The quantitative estimate of drug-likeness (QED) is 0.0793. The second-order valence-electron chi connectivity index (χ2n) is 6.11. The molecule has 0 saturated heterocycles. The molecule has 0 atom stereocenters. The zero-order valence-electron chi connectivity index (χ0n) is 18.3. The van der Waals surface area contributed by atoms with Crippen molar-refractivity contribution in [3.05, 3.63) is 55.4 Å². The number of nitrogens with zero attached hydrogens (tertiary/aromatic N) is 6. The van der Waals surface area contributed by atoms with Gasteiger partial charge in [0.1, 0.15) is 15.8 Å². The molecule has 17 heteroatoms.